The molecule has 0 amide bonds. The van der Waals surface area contributed by atoms with Gasteiger partial charge in [0.2, 0.25) is 0 Å². The van der Waals surface area contributed by atoms with Gasteiger partial charge in [0.25, 0.3) is 0 Å². The van der Waals surface area contributed by atoms with E-state index in [1.165, 1.54) is 6.07 Å². The molecule has 0 fully saturated rings. The van der Waals surface area contributed by atoms with Crippen molar-refractivity contribution in [3.05, 3.63) is 63.4 Å². The first-order valence-electron chi connectivity index (χ1n) is 6.16. The van der Waals surface area contributed by atoms with Crippen LogP contribution in [0.5, 0.6) is 5.75 Å². The van der Waals surface area contributed by atoms with Crippen molar-refractivity contribution in [2.75, 3.05) is 6.54 Å². The first-order chi connectivity index (χ1) is 9.63. The third-order valence-corrected chi connectivity index (χ3v) is 3.66. The second-order valence-electron chi connectivity index (χ2n) is 4.26. The summed E-state index contributed by atoms with van der Waals surface area (Å²) in [6.45, 7) is 0.648. The van der Waals surface area contributed by atoms with E-state index in [0.717, 1.165) is 5.56 Å². The Morgan fingerprint density at radius 3 is 2.60 bits per heavy atom. The van der Waals surface area contributed by atoms with Crippen molar-refractivity contribution in [1.29, 1.82) is 0 Å². The summed E-state index contributed by atoms with van der Waals surface area (Å²) in [4.78, 5) is 0. The van der Waals surface area contributed by atoms with Crippen LogP contribution in [0.2, 0.25) is 10.0 Å². The van der Waals surface area contributed by atoms with Gasteiger partial charge in [-0.3, -0.25) is 0 Å². The van der Waals surface area contributed by atoms with Crippen molar-refractivity contribution in [2.24, 2.45) is 5.73 Å². The summed E-state index contributed by atoms with van der Waals surface area (Å²) < 4.78 is 19.0. The van der Waals surface area contributed by atoms with Crippen molar-refractivity contribution < 1.29 is 9.13 Å². The standard InChI is InChI=1S/C15H14Cl2FNO/c16-12-4-2-6-14(11(12)7-8-19)20-9-10-3-1-5-13(18)15(10)17/h1-6H,7-9,19H2. The van der Waals surface area contributed by atoms with Crippen molar-refractivity contribution in [2.45, 2.75) is 13.0 Å². The van der Waals surface area contributed by atoms with E-state index >= 15 is 0 Å². The Balaban J connectivity index is 2.19. The first-order valence-corrected chi connectivity index (χ1v) is 6.92. The number of nitrogens with two attached hydrogens (primary N) is 1. The van der Waals surface area contributed by atoms with Gasteiger partial charge >= 0.3 is 0 Å². The molecule has 2 N–H and O–H groups in total. The smallest absolute Gasteiger partial charge is 0.142 e. The Labute approximate surface area is 127 Å². The molecule has 0 radical (unpaired) electrons. The Bertz CT molecular complexity index is 604. The van der Waals surface area contributed by atoms with Gasteiger partial charge in [0.15, 0.2) is 0 Å². The lowest BCUT2D eigenvalue weighted by molar-refractivity contribution is 0.302. The molecule has 106 valence electrons. The van der Waals surface area contributed by atoms with Gasteiger partial charge in [-0.15, -0.1) is 0 Å². The third-order valence-electron chi connectivity index (χ3n) is 2.88. The van der Waals surface area contributed by atoms with Gasteiger partial charge < -0.3 is 10.5 Å². The maximum atomic E-state index is 13.3. The quantitative estimate of drug-likeness (QED) is 0.897. The molecule has 0 aliphatic heterocycles. The zero-order chi connectivity index (χ0) is 14.5. The van der Waals surface area contributed by atoms with Crippen molar-refractivity contribution >= 4 is 23.2 Å². The number of rotatable bonds is 5. The number of hydrogen-bond donors (Lipinski definition) is 1. The molecule has 0 saturated heterocycles. The molecule has 0 atom stereocenters. The zero-order valence-corrected chi connectivity index (χ0v) is 12.2. The van der Waals surface area contributed by atoms with Gasteiger partial charge in [0, 0.05) is 16.1 Å². The minimum atomic E-state index is -0.457. The molecule has 5 heteroatoms. The summed E-state index contributed by atoms with van der Waals surface area (Å²) in [5.41, 5.74) is 7.00. The van der Waals surface area contributed by atoms with E-state index in [1.54, 1.807) is 24.3 Å². The topological polar surface area (TPSA) is 35.2 Å². The van der Waals surface area contributed by atoms with Crippen LogP contribution >= 0.6 is 23.2 Å². The Hall–Kier alpha value is -1.29. The highest BCUT2D eigenvalue weighted by Gasteiger charge is 2.10. The second-order valence-corrected chi connectivity index (χ2v) is 5.04. The second kappa shape index (κ2) is 6.93. The Kier molecular flexibility index (Phi) is 5.24. The number of ether oxygens (including phenoxy) is 1. The summed E-state index contributed by atoms with van der Waals surface area (Å²) in [5.74, 6) is 0.185. The van der Waals surface area contributed by atoms with Crippen molar-refractivity contribution in [1.82, 2.24) is 0 Å². The van der Waals surface area contributed by atoms with Gasteiger partial charge in [-0.2, -0.15) is 0 Å². The summed E-state index contributed by atoms with van der Waals surface area (Å²) in [5, 5.41) is 0.688. The molecule has 0 spiro atoms. The van der Waals surface area contributed by atoms with E-state index in [9.17, 15) is 4.39 Å². The first kappa shape index (κ1) is 15.1. The lowest BCUT2D eigenvalue weighted by Gasteiger charge is -2.13. The van der Waals surface area contributed by atoms with Gasteiger partial charge in [0.05, 0.1) is 5.02 Å². The SMILES string of the molecule is NCCc1c(Cl)cccc1OCc1cccc(F)c1Cl. The summed E-state index contributed by atoms with van der Waals surface area (Å²) in [6.07, 6.45) is 0.617. The molecule has 0 heterocycles. The van der Waals surface area contributed by atoms with Gasteiger partial charge in [0.1, 0.15) is 18.2 Å². The van der Waals surface area contributed by atoms with Crippen LogP contribution in [0.1, 0.15) is 11.1 Å². The molecular weight excluding hydrogens is 300 g/mol. The average molecular weight is 314 g/mol. The largest absolute Gasteiger partial charge is 0.489 e. The molecular formula is C15H14Cl2FNO. The van der Waals surface area contributed by atoms with Crippen LogP contribution in [0.15, 0.2) is 36.4 Å². The van der Waals surface area contributed by atoms with Gasteiger partial charge in [-0.25, -0.2) is 4.39 Å². The van der Waals surface area contributed by atoms with Crippen LogP contribution in [0.25, 0.3) is 0 Å². The van der Waals surface area contributed by atoms with E-state index < -0.39 is 5.82 Å². The fraction of sp³-hybridized carbons (Fsp3) is 0.200. The third kappa shape index (κ3) is 3.42. The molecule has 0 bridgehead atoms. The molecule has 0 aromatic heterocycles. The molecule has 0 aliphatic rings. The molecule has 2 aromatic rings. The normalized spacial score (nSPS) is 10.6. The average Bonchev–Trinajstić information content (AvgIpc) is 2.44. The monoisotopic (exact) mass is 313 g/mol. The molecule has 0 saturated carbocycles. The maximum absolute atomic E-state index is 13.3. The fourth-order valence-corrected chi connectivity index (χ4v) is 2.32. The number of hydrogen-bond acceptors (Lipinski definition) is 2. The summed E-state index contributed by atoms with van der Waals surface area (Å²) in [7, 11) is 0. The molecule has 2 rings (SSSR count). The van der Waals surface area contributed by atoms with Gasteiger partial charge in [-0.1, -0.05) is 41.4 Å². The van der Waals surface area contributed by atoms with Crippen molar-refractivity contribution in [3.63, 3.8) is 0 Å². The lowest BCUT2D eigenvalue weighted by atomic mass is 10.1. The van der Waals surface area contributed by atoms with Crippen LogP contribution in [0, 0.1) is 5.82 Å². The number of halogens is 3. The van der Waals surface area contributed by atoms with Crippen LogP contribution in [0.3, 0.4) is 0 Å². The summed E-state index contributed by atoms with van der Waals surface area (Å²) >= 11 is 12.0. The van der Waals surface area contributed by atoms with E-state index in [0.29, 0.717) is 29.3 Å². The Morgan fingerprint density at radius 2 is 1.85 bits per heavy atom. The highest BCUT2D eigenvalue weighted by Crippen LogP contribution is 2.28. The molecule has 2 nitrogen and oxygen atoms in total. The Morgan fingerprint density at radius 1 is 1.10 bits per heavy atom. The van der Waals surface area contributed by atoms with Crippen LogP contribution in [0.4, 0.5) is 4.39 Å². The van der Waals surface area contributed by atoms with Crippen molar-refractivity contribution in [3.8, 4) is 5.75 Å². The maximum Gasteiger partial charge on any atom is 0.142 e. The molecule has 2 aromatic carbocycles. The predicted octanol–water partition coefficient (Wildman–Crippen LogP) is 4.21. The highest BCUT2D eigenvalue weighted by molar-refractivity contribution is 6.31. The van der Waals surface area contributed by atoms with Gasteiger partial charge in [-0.05, 0) is 31.2 Å². The zero-order valence-electron chi connectivity index (χ0n) is 10.7. The van der Waals surface area contributed by atoms with E-state index in [2.05, 4.69) is 0 Å². The highest BCUT2D eigenvalue weighted by atomic mass is 35.5. The molecule has 0 unspecified atom stereocenters. The molecule has 0 aliphatic carbocycles. The molecule has 20 heavy (non-hydrogen) atoms. The number of benzene rings is 2. The van der Waals surface area contributed by atoms with Crippen LogP contribution in [-0.2, 0) is 13.0 Å². The van der Waals surface area contributed by atoms with Crippen LogP contribution < -0.4 is 10.5 Å². The predicted molar refractivity (Wildman–Crippen MR) is 80.0 cm³/mol. The van der Waals surface area contributed by atoms with E-state index in [-0.39, 0.29) is 11.6 Å². The summed E-state index contributed by atoms with van der Waals surface area (Å²) in [6, 6.07) is 10.0. The van der Waals surface area contributed by atoms with E-state index in [4.69, 9.17) is 33.7 Å². The minimum Gasteiger partial charge on any atom is -0.489 e. The lowest BCUT2D eigenvalue weighted by Crippen LogP contribution is -2.06. The fourth-order valence-electron chi connectivity index (χ4n) is 1.88. The van der Waals surface area contributed by atoms with E-state index in [1.807, 2.05) is 6.07 Å². The minimum absolute atomic E-state index is 0.0786. The van der Waals surface area contributed by atoms with Crippen LogP contribution in [-0.4, -0.2) is 6.54 Å².